The maximum atomic E-state index is 13.7. The number of para-hydroxylation sites is 1. The molecule has 31 heavy (non-hydrogen) atoms. The highest BCUT2D eigenvalue weighted by Gasteiger charge is 2.38. The van der Waals surface area contributed by atoms with Crippen LogP contribution in [0.25, 0.3) is 5.82 Å². The number of hydrogen-bond acceptors (Lipinski definition) is 6. The number of allylic oxidation sites excluding steroid dienone is 1. The lowest BCUT2D eigenvalue weighted by molar-refractivity contribution is -0.114. The van der Waals surface area contributed by atoms with Crippen LogP contribution in [0.5, 0.6) is 0 Å². The maximum absolute atomic E-state index is 13.7. The highest BCUT2D eigenvalue weighted by atomic mass is 35.5. The van der Waals surface area contributed by atoms with Gasteiger partial charge in [-0.15, -0.1) is 4.80 Å². The fraction of sp³-hybridized carbons (Fsp3) is 0.105. The van der Waals surface area contributed by atoms with Gasteiger partial charge in [0.05, 0.1) is 34.9 Å². The highest BCUT2D eigenvalue weighted by molar-refractivity contribution is 6.32. The van der Waals surface area contributed by atoms with Crippen LogP contribution >= 0.6 is 11.6 Å². The van der Waals surface area contributed by atoms with Crippen molar-refractivity contribution in [1.29, 1.82) is 5.41 Å². The number of nitrogens with one attached hydrogen (secondary N) is 3. The van der Waals surface area contributed by atoms with Gasteiger partial charge in [-0.3, -0.25) is 4.79 Å². The molecule has 12 heteroatoms. The normalized spacial score (nSPS) is 12.2. The first-order valence-corrected chi connectivity index (χ1v) is 9.06. The lowest BCUT2D eigenvalue weighted by atomic mass is 10.1. The molecule has 2 aromatic heterocycles. The topological polar surface area (TPSA) is 109 Å². The molecule has 3 rings (SSSR count). The van der Waals surface area contributed by atoms with E-state index in [4.69, 9.17) is 17.0 Å². The number of carbonyl (C=O) groups is 1. The second-order valence-electron chi connectivity index (χ2n) is 6.17. The minimum atomic E-state index is -4.92. The average molecular weight is 450 g/mol. The lowest BCUT2D eigenvalue weighted by Crippen LogP contribution is -2.27. The number of nitrogens with zero attached hydrogens (tertiary/aromatic N) is 4. The number of amides is 1. The van der Waals surface area contributed by atoms with Crippen molar-refractivity contribution >= 4 is 35.1 Å². The number of halogens is 4. The standard InChI is InChI=1S/C19H15ClF3N7O/c1-11-4-2-3-5-15(11)29-16(19(21,22)23)13(9-24)18(31)28-12-8-14(20)17(25-10-12)30-26-6-7-27-30/h2-10,24,29H,1H3,(H,28,31)/b16-13+,24-9?. The van der Waals surface area contributed by atoms with E-state index < -0.39 is 23.4 Å². The number of aryl methyl sites for hydroxylation is 1. The molecular weight excluding hydrogens is 435 g/mol. The quantitative estimate of drug-likeness (QED) is 0.387. The average Bonchev–Trinajstić information content (AvgIpc) is 3.23. The fourth-order valence-electron chi connectivity index (χ4n) is 2.56. The molecule has 0 atom stereocenters. The molecule has 8 nitrogen and oxygen atoms in total. The Balaban J connectivity index is 1.92. The van der Waals surface area contributed by atoms with Crippen LogP contribution in [0.3, 0.4) is 0 Å². The first kappa shape index (κ1) is 22.0. The molecule has 0 bridgehead atoms. The molecule has 0 aliphatic rings. The van der Waals surface area contributed by atoms with E-state index in [1.807, 2.05) is 0 Å². The first-order valence-electron chi connectivity index (χ1n) is 8.69. The van der Waals surface area contributed by atoms with E-state index in [1.165, 1.54) is 30.7 Å². The van der Waals surface area contributed by atoms with Crippen LogP contribution in [0.4, 0.5) is 24.5 Å². The Bertz CT molecular complexity index is 1140. The van der Waals surface area contributed by atoms with Gasteiger partial charge < -0.3 is 16.0 Å². The number of hydrogen-bond donors (Lipinski definition) is 3. The third kappa shape index (κ3) is 5.07. The zero-order valence-electron chi connectivity index (χ0n) is 15.9. The fourth-order valence-corrected chi connectivity index (χ4v) is 2.80. The van der Waals surface area contributed by atoms with Gasteiger partial charge in [-0.25, -0.2) is 4.98 Å². The third-order valence-corrected chi connectivity index (χ3v) is 4.31. The first-order chi connectivity index (χ1) is 14.7. The van der Waals surface area contributed by atoms with Gasteiger partial charge >= 0.3 is 6.18 Å². The van der Waals surface area contributed by atoms with Crippen LogP contribution in [0.1, 0.15) is 5.56 Å². The number of rotatable bonds is 6. The second kappa shape index (κ2) is 8.96. The van der Waals surface area contributed by atoms with Gasteiger partial charge in [0.25, 0.3) is 5.91 Å². The summed E-state index contributed by atoms with van der Waals surface area (Å²) in [6.45, 7) is 1.62. The molecule has 0 saturated carbocycles. The summed E-state index contributed by atoms with van der Waals surface area (Å²) in [7, 11) is 0. The minimum Gasteiger partial charge on any atom is -0.351 e. The molecule has 0 spiro atoms. The Morgan fingerprint density at radius 3 is 2.45 bits per heavy atom. The van der Waals surface area contributed by atoms with Gasteiger partial charge in [0.15, 0.2) is 5.82 Å². The van der Waals surface area contributed by atoms with E-state index in [0.717, 1.165) is 4.80 Å². The predicted molar refractivity (Wildman–Crippen MR) is 109 cm³/mol. The van der Waals surface area contributed by atoms with Crippen molar-refractivity contribution in [3.8, 4) is 5.82 Å². The van der Waals surface area contributed by atoms with Crippen molar-refractivity contribution in [2.75, 3.05) is 10.6 Å². The molecule has 3 N–H and O–H groups in total. The molecule has 0 aliphatic heterocycles. The van der Waals surface area contributed by atoms with E-state index in [0.29, 0.717) is 11.8 Å². The monoisotopic (exact) mass is 449 g/mol. The summed E-state index contributed by atoms with van der Waals surface area (Å²) in [5.41, 5.74) is -1.56. The van der Waals surface area contributed by atoms with Gasteiger partial charge in [-0.05, 0) is 24.6 Å². The molecular formula is C19H15ClF3N7O. The van der Waals surface area contributed by atoms with Crippen molar-refractivity contribution in [2.24, 2.45) is 0 Å². The van der Waals surface area contributed by atoms with Gasteiger partial charge in [0.1, 0.15) is 5.70 Å². The van der Waals surface area contributed by atoms with Crippen molar-refractivity contribution in [3.63, 3.8) is 0 Å². The van der Waals surface area contributed by atoms with E-state index in [9.17, 15) is 18.0 Å². The molecule has 1 aromatic carbocycles. The molecule has 0 aliphatic carbocycles. The number of alkyl halides is 3. The van der Waals surface area contributed by atoms with Gasteiger partial charge in [-0.2, -0.15) is 23.4 Å². The Morgan fingerprint density at radius 2 is 1.87 bits per heavy atom. The van der Waals surface area contributed by atoms with E-state index in [-0.39, 0.29) is 22.2 Å². The number of carbonyl (C=O) groups excluding carboxylic acids is 1. The van der Waals surface area contributed by atoms with E-state index in [2.05, 4.69) is 25.8 Å². The SMILES string of the molecule is Cc1ccccc1N/C(=C(\C=N)C(=O)Nc1cnc(-n2nccn2)c(Cl)c1)C(F)(F)F. The van der Waals surface area contributed by atoms with Crippen molar-refractivity contribution < 1.29 is 18.0 Å². The van der Waals surface area contributed by atoms with Crippen LogP contribution in [-0.2, 0) is 4.79 Å². The summed E-state index contributed by atoms with van der Waals surface area (Å²) in [6, 6.07) is 7.56. The van der Waals surface area contributed by atoms with Crippen molar-refractivity contribution in [1.82, 2.24) is 20.0 Å². The van der Waals surface area contributed by atoms with Gasteiger partial charge in [0, 0.05) is 11.9 Å². The van der Waals surface area contributed by atoms with Crippen LogP contribution in [0.15, 0.2) is 60.2 Å². The maximum Gasteiger partial charge on any atom is 0.432 e. The molecule has 160 valence electrons. The summed E-state index contributed by atoms with van der Waals surface area (Å²) in [5, 5.41) is 19.7. The summed E-state index contributed by atoms with van der Waals surface area (Å²) >= 11 is 6.11. The largest absolute Gasteiger partial charge is 0.432 e. The van der Waals surface area contributed by atoms with E-state index in [1.54, 1.807) is 25.1 Å². The van der Waals surface area contributed by atoms with Crippen LogP contribution in [0.2, 0.25) is 5.02 Å². The molecule has 2 heterocycles. The smallest absolute Gasteiger partial charge is 0.351 e. The van der Waals surface area contributed by atoms with Crippen LogP contribution in [0, 0.1) is 12.3 Å². The molecule has 0 radical (unpaired) electrons. The summed E-state index contributed by atoms with van der Waals surface area (Å²) < 4.78 is 41.1. The molecule has 0 saturated heterocycles. The molecule has 3 aromatic rings. The third-order valence-electron chi connectivity index (χ3n) is 4.03. The van der Waals surface area contributed by atoms with Crippen LogP contribution in [-0.4, -0.2) is 38.3 Å². The van der Waals surface area contributed by atoms with Crippen LogP contribution < -0.4 is 10.6 Å². The number of benzene rings is 1. The Morgan fingerprint density at radius 1 is 1.19 bits per heavy atom. The zero-order valence-corrected chi connectivity index (χ0v) is 16.7. The predicted octanol–water partition coefficient (Wildman–Crippen LogP) is 4.14. The van der Waals surface area contributed by atoms with Gasteiger partial charge in [-0.1, -0.05) is 29.8 Å². The van der Waals surface area contributed by atoms with Gasteiger partial charge in [0.2, 0.25) is 0 Å². The summed E-state index contributed by atoms with van der Waals surface area (Å²) in [5.74, 6) is -0.990. The summed E-state index contributed by atoms with van der Waals surface area (Å²) in [4.78, 5) is 17.7. The number of pyridine rings is 1. The molecule has 1 amide bonds. The Hall–Kier alpha value is -3.73. The Kier molecular flexibility index (Phi) is 6.35. The molecule has 0 unspecified atom stereocenters. The summed E-state index contributed by atoms with van der Waals surface area (Å²) in [6.07, 6.45) is -0.575. The van der Waals surface area contributed by atoms with Crippen molar-refractivity contribution in [3.05, 3.63) is 70.8 Å². The van der Waals surface area contributed by atoms with Crippen molar-refractivity contribution in [2.45, 2.75) is 13.1 Å². The molecule has 0 fully saturated rings. The zero-order chi connectivity index (χ0) is 22.6. The highest BCUT2D eigenvalue weighted by Crippen LogP contribution is 2.31. The second-order valence-corrected chi connectivity index (χ2v) is 6.58. The number of anilines is 2. The van der Waals surface area contributed by atoms with E-state index >= 15 is 0 Å². The Labute approximate surface area is 179 Å². The lowest BCUT2D eigenvalue weighted by Gasteiger charge is -2.18. The number of aromatic nitrogens is 4. The minimum absolute atomic E-state index is 0.0303.